The van der Waals surface area contributed by atoms with E-state index < -0.39 is 0 Å². The van der Waals surface area contributed by atoms with Crippen LogP contribution in [0.1, 0.15) is 10.7 Å². The first-order valence-electron chi connectivity index (χ1n) is 8.74. The molecule has 1 N–H and O–H groups in total. The Balaban J connectivity index is 1.50. The molecule has 1 fully saturated rings. The zero-order valence-corrected chi connectivity index (χ0v) is 17.6. The zero-order chi connectivity index (χ0) is 17.9. The van der Waals surface area contributed by atoms with Crippen LogP contribution in [0.2, 0.25) is 0 Å². The molecule has 1 aliphatic rings. The number of thiazole rings is 1. The van der Waals surface area contributed by atoms with Gasteiger partial charge >= 0.3 is 165 Å². The van der Waals surface area contributed by atoms with E-state index in [1.807, 2.05) is 26.1 Å². The third kappa shape index (κ3) is 3.98. The van der Waals surface area contributed by atoms with Gasteiger partial charge < -0.3 is 0 Å². The Labute approximate surface area is 164 Å². The van der Waals surface area contributed by atoms with Gasteiger partial charge in [0, 0.05) is 0 Å². The molecule has 0 atom stereocenters. The van der Waals surface area contributed by atoms with Crippen molar-refractivity contribution in [2.24, 2.45) is 0 Å². The fourth-order valence-electron chi connectivity index (χ4n) is 3.07. The molecule has 133 valence electrons. The van der Waals surface area contributed by atoms with Gasteiger partial charge in [-0.3, -0.25) is 0 Å². The summed E-state index contributed by atoms with van der Waals surface area (Å²) in [5, 5.41) is 4.47. The van der Waals surface area contributed by atoms with E-state index in [-0.39, 0.29) is 15.8 Å². The molecule has 26 heavy (non-hydrogen) atoms. The number of nitrogens with zero attached hydrogens (tertiary/aromatic N) is 4. The number of hydrogen-bond acceptors (Lipinski definition) is 6. The molecule has 0 bridgehead atoms. The molecule has 1 aliphatic heterocycles. The number of hydrogen-bond donors (Lipinski definition) is 1. The molecular formula is C19H21AsN5S. The third-order valence-electron chi connectivity index (χ3n) is 4.34. The average Bonchev–Trinajstić information content (AvgIpc) is 3.01. The second-order valence-corrected chi connectivity index (χ2v) is 9.85. The molecule has 1 aromatic carbocycles. The van der Waals surface area contributed by atoms with Gasteiger partial charge in [-0.2, -0.15) is 0 Å². The first-order chi connectivity index (χ1) is 12.7. The van der Waals surface area contributed by atoms with E-state index in [0.717, 1.165) is 52.1 Å². The van der Waals surface area contributed by atoms with E-state index in [1.54, 1.807) is 11.3 Å². The van der Waals surface area contributed by atoms with Gasteiger partial charge in [-0.1, -0.05) is 0 Å². The number of aromatic nitrogens is 3. The zero-order valence-electron chi connectivity index (χ0n) is 14.9. The first kappa shape index (κ1) is 17.7. The normalized spacial score (nSPS) is 15.1. The Kier molecular flexibility index (Phi) is 5.34. The van der Waals surface area contributed by atoms with E-state index in [9.17, 15) is 0 Å². The monoisotopic (exact) mass is 426 g/mol. The van der Waals surface area contributed by atoms with Crippen LogP contribution >= 0.6 is 11.3 Å². The summed E-state index contributed by atoms with van der Waals surface area (Å²) < 4.78 is 2.27. The van der Waals surface area contributed by atoms with E-state index in [0.29, 0.717) is 0 Å². The van der Waals surface area contributed by atoms with Gasteiger partial charge in [0.25, 0.3) is 0 Å². The summed E-state index contributed by atoms with van der Waals surface area (Å²) in [6.07, 6.45) is 1.87. The van der Waals surface area contributed by atoms with Crippen molar-refractivity contribution in [3.05, 3.63) is 47.2 Å². The summed E-state index contributed by atoms with van der Waals surface area (Å²) in [6, 6.07) is 10.9. The minimum absolute atomic E-state index is 0.217. The van der Waals surface area contributed by atoms with Crippen LogP contribution in [0, 0.1) is 13.8 Å². The molecule has 1 saturated heterocycles. The van der Waals surface area contributed by atoms with Gasteiger partial charge in [-0.05, 0) is 0 Å². The summed E-state index contributed by atoms with van der Waals surface area (Å²) in [5.41, 5.74) is 3.35. The summed E-state index contributed by atoms with van der Waals surface area (Å²) in [5.74, 6) is 0. The van der Waals surface area contributed by atoms with Crippen molar-refractivity contribution in [3.63, 3.8) is 0 Å². The Bertz CT molecular complexity index is 887. The van der Waals surface area contributed by atoms with Gasteiger partial charge in [0.15, 0.2) is 0 Å². The molecule has 0 spiro atoms. The van der Waals surface area contributed by atoms with Gasteiger partial charge in [0.05, 0.1) is 0 Å². The fourth-order valence-corrected chi connectivity index (χ4v) is 5.67. The van der Waals surface area contributed by atoms with Crippen LogP contribution in [0.3, 0.4) is 0 Å². The molecule has 3 heterocycles. The van der Waals surface area contributed by atoms with Crippen LogP contribution in [0.4, 0.5) is 5.69 Å². The van der Waals surface area contributed by atoms with Crippen molar-refractivity contribution in [3.8, 4) is 10.6 Å². The minimum atomic E-state index is -0.217. The molecule has 0 saturated carbocycles. The summed E-state index contributed by atoms with van der Waals surface area (Å²) in [7, 11) is 0. The van der Waals surface area contributed by atoms with Crippen molar-refractivity contribution in [1.29, 1.82) is 0 Å². The third-order valence-corrected chi connectivity index (χ3v) is 7.47. The van der Waals surface area contributed by atoms with Gasteiger partial charge in [-0.25, -0.2) is 0 Å². The van der Waals surface area contributed by atoms with E-state index in [1.165, 1.54) is 10.0 Å². The summed E-state index contributed by atoms with van der Waals surface area (Å²) in [4.78, 5) is 17.4. The van der Waals surface area contributed by atoms with Crippen LogP contribution in [0.25, 0.3) is 10.6 Å². The summed E-state index contributed by atoms with van der Waals surface area (Å²) >= 11 is 1.48. The standard InChI is InChI=1S/C19H21AsN5S/c1-13-18(26-14(2)23-13)17-7-8-22-19(24-17)20-15-3-5-16(6-4-15)25-11-9-21-10-12-25/h3-8,21H,9-12H2,1-2H3. The Hall–Kier alpha value is -1.75. The van der Waals surface area contributed by atoms with Crippen LogP contribution in [-0.4, -0.2) is 56.9 Å². The van der Waals surface area contributed by atoms with Crippen molar-refractivity contribution in [2.45, 2.75) is 13.8 Å². The molecule has 4 rings (SSSR count). The number of piperazine rings is 1. The number of anilines is 1. The van der Waals surface area contributed by atoms with Gasteiger partial charge in [-0.15, -0.1) is 0 Å². The number of aryl methyl sites for hydroxylation is 2. The maximum absolute atomic E-state index is 4.81. The quantitative estimate of drug-likeness (QED) is 0.638. The van der Waals surface area contributed by atoms with Crippen molar-refractivity contribution < 1.29 is 0 Å². The summed E-state index contributed by atoms with van der Waals surface area (Å²) in [6.45, 7) is 8.35. The molecule has 5 nitrogen and oxygen atoms in total. The predicted molar refractivity (Wildman–Crippen MR) is 109 cm³/mol. The Morgan fingerprint density at radius 1 is 1.04 bits per heavy atom. The van der Waals surface area contributed by atoms with E-state index in [2.05, 4.69) is 44.5 Å². The average molecular weight is 426 g/mol. The topological polar surface area (TPSA) is 53.9 Å². The van der Waals surface area contributed by atoms with Crippen LogP contribution < -0.4 is 19.2 Å². The molecule has 0 amide bonds. The molecule has 0 aliphatic carbocycles. The molecule has 0 unspecified atom stereocenters. The molecule has 1 radical (unpaired) electrons. The van der Waals surface area contributed by atoms with Crippen molar-refractivity contribution in [2.75, 3.05) is 31.1 Å². The number of nitrogens with one attached hydrogen (secondary N) is 1. The molecule has 3 aromatic rings. The molecule has 2 aromatic heterocycles. The molecular weight excluding hydrogens is 405 g/mol. The van der Waals surface area contributed by atoms with Gasteiger partial charge in [0.1, 0.15) is 0 Å². The number of rotatable bonds is 4. The second kappa shape index (κ2) is 7.87. The fraction of sp³-hybridized carbons (Fsp3) is 0.316. The first-order valence-corrected chi connectivity index (χ1v) is 11.4. The van der Waals surface area contributed by atoms with Crippen LogP contribution in [0.15, 0.2) is 36.5 Å². The maximum atomic E-state index is 4.81. The number of benzene rings is 1. The van der Waals surface area contributed by atoms with Crippen LogP contribution in [-0.2, 0) is 0 Å². The Morgan fingerprint density at radius 3 is 2.50 bits per heavy atom. The Morgan fingerprint density at radius 2 is 1.81 bits per heavy atom. The van der Waals surface area contributed by atoms with Crippen LogP contribution in [0.5, 0.6) is 0 Å². The van der Waals surface area contributed by atoms with Gasteiger partial charge in [0.2, 0.25) is 0 Å². The van der Waals surface area contributed by atoms with Crippen molar-refractivity contribution >= 4 is 41.7 Å². The van der Waals surface area contributed by atoms with Crippen molar-refractivity contribution in [1.82, 2.24) is 20.3 Å². The second-order valence-electron chi connectivity index (χ2n) is 6.25. The van der Waals surface area contributed by atoms with E-state index >= 15 is 0 Å². The SMILES string of the molecule is Cc1nc(C)c(-c2ccnc([As]c3ccc(N4CCNCC4)cc3)n2)s1. The predicted octanol–water partition coefficient (Wildman–Crippen LogP) is 1.28. The van der Waals surface area contributed by atoms with E-state index in [4.69, 9.17) is 4.98 Å². The molecule has 7 heteroatoms.